The average Bonchev–Trinajstić information content (AvgIpc) is 3.28. The minimum absolute atomic E-state index is 0.150. The maximum absolute atomic E-state index is 12.4. The Labute approximate surface area is 201 Å². The lowest BCUT2D eigenvalue weighted by Crippen LogP contribution is -2.20. The first-order valence-corrected chi connectivity index (χ1v) is 11.8. The Hall–Kier alpha value is -3.42. The van der Waals surface area contributed by atoms with Crippen molar-refractivity contribution in [3.05, 3.63) is 95.0 Å². The summed E-state index contributed by atoms with van der Waals surface area (Å²) in [6, 6.07) is 25.3. The van der Waals surface area contributed by atoms with E-state index in [1.807, 2.05) is 83.4 Å². The number of carbonyl (C=O) groups excluding carboxylic acids is 1. The first-order valence-electron chi connectivity index (χ1n) is 10.4. The van der Waals surface area contributed by atoms with E-state index in [4.69, 9.17) is 11.6 Å². The fourth-order valence-electron chi connectivity index (χ4n) is 3.14. The van der Waals surface area contributed by atoms with Crippen LogP contribution in [0.5, 0.6) is 0 Å². The summed E-state index contributed by atoms with van der Waals surface area (Å²) < 4.78 is 1.93. The molecule has 0 aliphatic carbocycles. The highest BCUT2D eigenvalue weighted by molar-refractivity contribution is 7.99. The van der Waals surface area contributed by atoms with Crippen LogP contribution in [0.4, 0.5) is 0 Å². The number of nitrogens with zero attached hydrogens (tertiary/aromatic N) is 4. The van der Waals surface area contributed by atoms with Gasteiger partial charge in [-0.05, 0) is 53.9 Å². The number of rotatable bonds is 8. The third-order valence-electron chi connectivity index (χ3n) is 4.87. The van der Waals surface area contributed by atoms with Gasteiger partial charge in [-0.1, -0.05) is 72.8 Å². The van der Waals surface area contributed by atoms with Crippen LogP contribution < -0.4 is 5.43 Å². The molecule has 0 aliphatic heterocycles. The van der Waals surface area contributed by atoms with Crippen molar-refractivity contribution in [3.63, 3.8) is 0 Å². The molecule has 6 nitrogen and oxygen atoms in total. The van der Waals surface area contributed by atoms with Crippen LogP contribution in [-0.2, 0) is 11.2 Å². The largest absolute Gasteiger partial charge is 0.272 e. The molecule has 0 spiro atoms. The maximum atomic E-state index is 12.4. The Morgan fingerprint density at radius 3 is 2.45 bits per heavy atom. The number of aryl methyl sites for hydroxylation is 1. The summed E-state index contributed by atoms with van der Waals surface area (Å²) in [5.41, 5.74) is 6.54. The zero-order valence-electron chi connectivity index (χ0n) is 18.0. The number of hydrogen-bond acceptors (Lipinski definition) is 5. The monoisotopic (exact) mass is 475 g/mol. The molecule has 0 radical (unpaired) electrons. The fourth-order valence-corrected chi connectivity index (χ4v) is 4.01. The Morgan fingerprint density at radius 2 is 1.76 bits per heavy atom. The molecule has 1 aromatic heterocycles. The number of benzene rings is 3. The molecule has 8 heteroatoms. The number of nitrogens with one attached hydrogen (secondary N) is 1. The van der Waals surface area contributed by atoms with Crippen LogP contribution in [0.1, 0.15) is 18.1 Å². The van der Waals surface area contributed by atoms with Gasteiger partial charge >= 0.3 is 0 Å². The van der Waals surface area contributed by atoms with Gasteiger partial charge in [0.1, 0.15) is 0 Å². The van der Waals surface area contributed by atoms with Crippen LogP contribution in [0.3, 0.4) is 0 Å². The lowest BCUT2D eigenvalue weighted by atomic mass is 10.1. The number of carbonyl (C=O) groups is 1. The predicted octanol–water partition coefficient (Wildman–Crippen LogP) is 5.39. The summed E-state index contributed by atoms with van der Waals surface area (Å²) in [6.07, 6.45) is 2.62. The van der Waals surface area contributed by atoms with Crippen molar-refractivity contribution in [2.24, 2.45) is 5.10 Å². The van der Waals surface area contributed by atoms with Gasteiger partial charge in [-0.2, -0.15) is 5.10 Å². The van der Waals surface area contributed by atoms with E-state index in [2.05, 4.69) is 27.6 Å². The number of amides is 1. The third kappa shape index (κ3) is 5.88. The van der Waals surface area contributed by atoms with Crippen LogP contribution in [0.2, 0.25) is 5.02 Å². The van der Waals surface area contributed by atoms with Crippen molar-refractivity contribution in [2.75, 3.05) is 5.75 Å². The number of thioether (sulfide) groups is 1. The molecular weight excluding hydrogens is 454 g/mol. The molecular formula is C25H22ClN5OS. The molecule has 4 aromatic rings. The zero-order chi connectivity index (χ0) is 23.0. The van der Waals surface area contributed by atoms with Gasteiger partial charge in [-0.25, -0.2) is 5.43 Å². The maximum Gasteiger partial charge on any atom is 0.250 e. The molecule has 166 valence electrons. The molecule has 1 N–H and O–H groups in total. The van der Waals surface area contributed by atoms with Gasteiger partial charge in [-0.15, -0.1) is 10.2 Å². The van der Waals surface area contributed by atoms with E-state index < -0.39 is 0 Å². The van der Waals surface area contributed by atoms with E-state index in [0.717, 1.165) is 23.2 Å². The van der Waals surface area contributed by atoms with E-state index in [1.165, 1.54) is 17.3 Å². The Morgan fingerprint density at radius 1 is 1.03 bits per heavy atom. The molecule has 0 saturated carbocycles. The van der Waals surface area contributed by atoms with Gasteiger partial charge in [0, 0.05) is 16.3 Å². The normalized spacial score (nSPS) is 11.1. The number of hydrazone groups is 1. The molecule has 33 heavy (non-hydrogen) atoms. The molecule has 3 aromatic carbocycles. The van der Waals surface area contributed by atoms with Crippen LogP contribution in [0, 0.1) is 0 Å². The highest BCUT2D eigenvalue weighted by Crippen LogP contribution is 2.28. The van der Waals surface area contributed by atoms with Gasteiger partial charge in [0.2, 0.25) is 0 Å². The summed E-state index contributed by atoms with van der Waals surface area (Å²) in [5, 5.41) is 14.0. The Bertz CT molecular complexity index is 1240. The van der Waals surface area contributed by atoms with Crippen LogP contribution in [0.25, 0.3) is 17.1 Å². The van der Waals surface area contributed by atoms with Gasteiger partial charge in [0.05, 0.1) is 12.0 Å². The highest BCUT2D eigenvalue weighted by atomic mass is 35.5. The number of hydrogen-bond donors (Lipinski definition) is 1. The fraction of sp³-hybridized carbons (Fsp3) is 0.120. The van der Waals surface area contributed by atoms with Crippen molar-refractivity contribution in [1.82, 2.24) is 20.2 Å². The Kier molecular flexibility index (Phi) is 7.55. The lowest BCUT2D eigenvalue weighted by molar-refractivity contribution is -0.118. The van der Waals surface area contributed by atoms with Crippen molar-refractivity contribution in [2.45, 2.75) is 18.5 Å². The van der Waals surface area contributed by atoms with Gasteiger partial charge in [0.15, 0.2) is 11.0 Å². The van der Waals surface area contributed by atoms with E-state index in [-0.39, 0.29) is 11.7 Å². The SMILES string of the molecule is CCc1ccc(/C=N/NC(=O)CSc2nnc(-c3ccc(Cl)cc3)n2-c2ccccc2)cc1. The molecule has 0 unspecified atom stereocenters. The minimum Gasteiger partial charge on any atom is -0.272 e. The van der Waals surface area contributed by atoms with Crippen LogP contribution in [0.15, 0.2) is 89.1 Å². The summed E-state index contributed by atoms with van der Waals surface area (Å²) in [5.74, 6) is 0.601. The summed E-state index contributed by atoms with van der Waals surface area (Å²) in [7, 11) is 0. The van der Waals surface area contributed by atoms with Crippen molar-refractivity contribution >= 4 is 35.5 Å². The van der Waals surface area contributed by atoms with Crippen LogP contribution >= 0.6 is 23.4 Å². The summed E-state index contributed by atoms with van der Waals surface area (Å²) in [4.78, 5) is 12.4. The quantitative estimate of drug-likeness (QED) is 0.210. The van der Waals surface area contributed by atoms with E-state index in [1.54, 1.807) is 6.21 Å². The Balaban J connectivity index is 1.46. The molecule has 0 saturated heterocycles. The van der Waals surface area contributed by atoms with Crippen molar-refractivity contribution in [3.8, 4) is 17.1 Å². The molecule has 1 amide bonds. The second-order valence-electron chi connectivity index (χ2n) is 7.16. The molecule has 0 fully saturated rings. The van der Waals surface area contributed by atoms with Gasteiger partial charge < -0.3 is 0 Å². The standard InChI is InChI=1S/C25H22ClN5OS/c1-2-18-8-10-19(11-9-18)16-27-28-23(32)17-33-25-30-29-24(20-12-14-21(26)15-13-20)31(25)22-6-4-3-5-7-22/h3-16H,2,17H2,1H3,(H,28,32)/b27-16+. The second-order valence-corrected chi connectivity index (χ2v) is 8.54. The highest BCUT2D eigenvalue weighted by Gasteiger charge is 2.17. The molecule has 0 bridgehead atoms. The third-order valence-corrected chi connectivity index (χ3v) is 6.05. The predicted molar refractivity (Wildman–Crippen MR) is 134 cm³/mol. The number of aromatic nitrogens is 3. The van der Waals surface area contributed by atoms with E-state index in [9.17, 15) is 4.79 Å². The average molecular weight is 476 g/mol. The molecule has 0 aliphatic rings. The first kappa shape index (κ1) is 22.8. The lowest BCUT2D eigenvalue weighted by Gasteiger charge is -2.10. The number of halogens is 1. The van der Waals surface area contributed by atoms with Crippen molar-refractivity contribution in [1.29, 1.82) is 0 Å². The molecule has 4 rings (SSSR count). The van der Waals surface area contributed by atoms with Crippen molar-refractivity contribution < 1.29 is 4.79 Å². The number of para-hydroxylation sites is 1. The van der Waals surface area contributed by atoms with Gasteiger partial charge in [-0.3, -0.25) is 9.36 Å². The van der Waals surface area contributed by atoms with Gasteiger partial charge in [0.25, 0.3) is 5.91 Å². The topological polar surface area (TPSA) is 72.2 Å². The first-order chi connectivity index (χ1) is 16.1. The minimum atomic E-state index is -0.225. The summed E-state index contributed by atoms with van der Waals surface area (Å²) >= 11 is 7.33. The van der Waals surface area contributed by atoms with Crippen LogP contribution in [-0.4, -0.2) is 32.6 Å². The van der Waals surface area contributed by atoms with E-state index >= 15 is 0 Å². The summed E-state index contributed by atoms with van der Waals surface area (Å²) in [6.45, 7) is 2.11. The smallest absolute Gasteiger partial charge is 0.250 e. The second kappa shape index (κ2) is 10.9. The zero-order valence-corrected chi connectivity index (χ0v) is 19.6. The molecule has 1 heterocycles. The van der Waals surface area contributed by atoms with E-state index in [0.29, 0.717) is 16.0 Å². The molecule has 0 atom stereocenters.